The molecule has 1 aliphatic rings. The highest BCUT2D eigenvalue weighted by Gasteiger charge is 2.47. The van der Waals surface area contributed by atoms with Gasteiger partial charge in [0.2, 0.25) is 0 Å². The Balaban J connectivity index is 1.98. The first kappa shape index (κ1) is 20.7. The van der Waals surface area contributed by atoms with E-state index in [9.17, 15) is 14.7 Å². The fraction of sp³-hybridized carbons (Fsp3) is 0.364. The van der Waals surface area contributed by atoms with Crippen LogP contribution in [0.2, 0.25) is 0 Å². The van der Waals surface area contributed by atoms with Crippen molar-refractivity contribution in [1.82, 2.24) is 4.90 Å². The SMILES string of the molecule is COc1cccc(C(O)=C2C(=O)C(=O)N(CCCOC(C)C)C2c2ccco2)c1. The fourth-order valence-electron chi connectivity index (χ4n) is 3.33. The molecule has 1 fully saturated rings. The van der Waals surface area contributed by atoms with Crippen molar-refractivity contribution in [2.45, 2.75) is 32.4 Å². The third kappa shape index (κ3) is 4.35. The zero-order valence-corrected chi connectivity index (χ0v) is 16.8. The summed E-state index contributed by atoms with van der Waals surface area (Å²) in [5.74, 6) is -0.719. The van der Waals surface area contributed by atoms with Crippen molar-refractivity contribution >= 4 is 17.4 Å². The van der Waals surface area contributed by atoms with Crippen molar-refractivity contribution < 1.29 is 28.6 Å². The summed E-state index contributed by atoms with van der Waals surface area (Å²) in [6, 6.07) is 9.27. The minimum Gasteiger partial charge on any atom is -0.507 e. The van der Waals surface area contributed by atoms with E-state index in [-0.39, 0.29) is 17.4 Å². The standard InChI is InChI=1S/C22H25NO6/c1-14(2)28-12-6-10-23-19(17-9-5-11-29-17)18(21(25)22(23)26)20(24)15-7-4-8-16(13-15)27-3/h4-5,7-9,11,13-14,19,24H,6,10,12H2,1-3H3. The minimum absolute atomic E-state index is 0.00276. The van der Waals surface area contributed by atoms with Gasteiger partial charge in [0.1, 0.15) is 23.3 Å². The van der Waals surface area contributed by atoms with Crippen molar-refractivity contribution in [3.8, 4) is 5.75 Å². The minimum atomic E-state index is -0.796. The Labute approximate surface area is 169 Å². The van der Waals surface area contributed by atoms with Gasteiger partial charge in [-0.05, 0) is 44.5 Å². The molecule has 0 spiro atoms. The maximum atomic E-state index is 12.8. The molecule has 0 saturated carbocycles. The van der Waals surface area contributed by atoms with Crippen LogP contribution in [-0.4, -0.2) is 48.1 Å². The van der Waals surface area contributed by atoms with Crippen LogP contribution in [0, 0.1) is 0 Å². The number of methoxy groups -OCH3 is 1. The Morgan fingerprint density at radius 1 is 1.24 bits per heavy atom. The normalized spacial score (nSPS) is 18.6. The van der Waals surface area contributed by atoms with Crippen molar-refractivity contribution in [2.75, 3.05) is 20.3 Å². The lowest BCUT2D eigenvalue weighted by Gasteiger charge is -2.23. The van der Waals surface area contributed by atoms with E-state index in [2.05, 4.69) is 0 Å². The van der Waals surface area contributed by atoms with Crippen LogP contribution in [0.25, 0.3) is 5.76 Å². The first-order chi connectivity index (χ1) is 13.9. The Kier molecular flexibility index (Phi) is 6.39. The number of ketones is 1. The number of rotatable bonds is 8. The molecule has 2 aromatic rings. The first-order valence-electron chi connectivity index (χ1n) is 9.52. The van der Waals surface area contributed by atoms with Gasteiger partial charge in [-0.25, -0.2) is 0 Å². The van der Waals surface area contributed by atoms with Crippen molar-refractivity contribution in [3.63, 3.8) is 0 Å². The Bertz CT molecular complexity index is 900. The predicted molar refractivity (Wildman–Crippen MR) is 106 cm³/mol. The molecule has 7 heteroatoms. The number of furan rings is 1. The summed E-state index contributed by atoms with van der Waals surface area (Å²) in [5.41, 5.74) is 0.394. The zero-order valence-electron chi connectivity index (χ0n) is 16.8. The van der Waals surface area contributed by atoms with Crippen LogP contribution in [0.15, 0.2) is 52.7 Å². The van der Waals surface area contributed by atoms with Gasteiger partial charge < -0.3 is 23.9 Å². The summed E-state index contributed by atoms with van der Waals surface area (Å²) in [6.07, 6.45) is 2.11. The second-order valence-corrected chi connectivity index (χ2v) is 7.01. The Morgan fingerprint density at radius 3 is 2.69 bits per heavy atom. The largest absolute Gasteiger partial charge is 0.507 e. The van der Waals surface area contributed by atoms with Crippen LogP contribution in [0.1, 0.15) is 37.6 Å². The molecule has 2 heterocycles. The van der Waals surface area contributed by atoms with Gasteiger partial charge in [-0.1, -0.05) is 12.1 Å². The molecule has 154 valence electrons. The van der Waals surface area contributed by atoms with E-state index in [4.69, 9.17) is 13.9 Å². The number of benzene rings is 1. The number of nitrogens with zero attached hydrogens (tertiary/aromatic N) is 1. The molecule has 1 atom stereocenters. The topological polar surface area (TPSA) is 89.2 Å². The quantitative estimate of drug-likeness (QED) is 0.316. The highest BCUT2D eigenvalue weighted by atomic mass is 16.5. The van der Waals surface area contributed by atoms with Gasteiger partial charge in [0.25, 0.3) is 11.7 Å². The smallest absolute Gasteiger partial charge is 0.295 e. The van der Waals surface area contributed by atoms with E-state index in [1.807, 2.05) is 13.8 Å². The van der Waals surface area contributed by atoms with Crippen LogP contribution in [0.5, 0.6) is 5.75 Å². The van der Waals surface area contributed by atoms with Crippen LogP contribution in [0.3, 0.4) is 0 Å². The second-order valence-electron chi connectivity index (χ2n) is 7.01. The van der Waals surface area contributed by atoms with Gasteiger partial charge in [-0.15, -0.1) is 0 Å². The first-order valence-corrected chi connectivity index (χ1v) is 9.52. The average molecular weight is 399 g/mol. The van der Waals surface area contributed by atoms with Crippen LogP contribution in [0.4, 0.5) is 0 Å². The Hall–Kier alpha value is -3.06. The lowest BCUT2D eigenvalue weighted by Crippen LogP contribution is -2.31. The molecule has 0 bridgehead atoms. The second kappa shape index (κ2) is 8.96. The van der Waals surface area contributed by atoms with Gasteiger partial charge in [-0.2, -0.15) is 0 Å². The third-order valence-electron chi connectivity index (χ3n) is 4.69. The highest BCUT2D eigenvalue weighted by Crippen LogP contribution is 2.39. The average Bonchev–Trinajstić information content (AvgIpc) is 3.32. The van der Waals surface area contributed by atoms with Gasteiger partial charge in [0.05, 0.1) is 25.1 Å². The summed E-state index contributed by atoms with van der Waals surface area (Å²) in [6.45, 7) is 4.63. The summed E-state index contributed by atoms with van der Waals surface area (Å²) >= 11 is 0. The molecule has 1 saturated heterocycles. The number of carbonyl (C=O) groups is 2. The summed E-state index contributed by atoms with van der Waals surface area (Å²) in [7, 11) is 1.51. The number of likely N-dealkylation sites (tertiary alicyclic amines) is 1. The lowest BCUT2D eigenvalue weighted by molar-refractivity contribution is -0.140. The number of amides is 1. The van der Waals surface area contributed by atoms with E-state index < -0.39 is 17.7 Å². The van der Waals surface area contributed by atoms with E-state index >= 15 is 0 Å². The zero-order chi connectivity index (χ0) is 21.0. The molecule has 1 unspecified atom stereocenters. The number of hydrogen-bond donors (Lipinski definition) is 1. The van der Waals surface area contributed by atoms with E-state index in [0.717, 1.165) is 0 Å². The number of carbonyl (C=O) groups excluding carboxylic acids is 2. The van der Waals surface area contributed by atoms with Crippen LogP contribution in [-0.2, 0) is 14.3 Å². The van der Waals surface area contributed by atoms with E-state index in [0.29, 0.717) is 36.6 Å². The van der Waals surface area contributed by atoms with E-state index in [1.54, 1.807) is 36.4 Å². The number of aliphatic hydroxyl groups excluding tert-OH is 1. The maximum absolute atomic E-state index is 12.8. The molecule has 1 N–H and O–H groups in total. The molecule has 29 heavy (non-hydrogen) atoms. The molecule has 0 radical (unpaired) electrons. The maximum Gasteiger partial charge on any atom is 0.295 e. The molecule has 7 nitrogen and oxygen atoms in total. The molecule has 0 aliphatic carbocycles. The van der Waals surface area contributed by atoms with Crippen molar-refractivity contribution in [3.05, 3.63) is 59.6 Å². The number of ether oxygens (including phenoxy) is 2. The van der Waals surface area contributed by atoms with Crippen LogP contribution >= 0.6 is 0 Å². The fourth-order valence-corrected chi connectivity index (χ4v) is 3.33. The van der Waals surface area contributed by atoms with Crippen LogP contribution < -0.4 is 4.74 Å². The van der Waals surface area contributed by atoms with Crippen molar-refractivity contribution in [1.29, 1.82) is 0 Å². The predicted octanol–water partition coefficient (Wildman–Crippen LogP) is 3.53. The monoisotopic (exact) mass is 399 g/mol. The number of Topliss-reactive ketones (excluding diaryl/α,β-unsaturated/α-hetero) is 1. The van der Waals surface area contributed by atoms with Gasteiger partial charge in [-0.3, -0.25) is 9.59 Å². The Morgan fingerprint density at radius 2 is 2.03 bits per heavy atom. The molecule has 1 aromatic carbocycles. The lowest BCUT2D eigenvalue weighted by atomic mass is 9.99. The summed E-state index contributed by atoms with van der Waals surface area (Å²) in [5, 5.41) is 10.9. The third-order valence-corrected chi connectivity index (χ3v) is 4.69. The molecule has 1 aromatic heterocycles. The van der Waals surface area contributed by atoms with Gasteiger partial charge in [0, 0.05) is 18.7 Å². The molecule has 3 rings (SSSR count). The van der Waals surface area contributed by atoms with Crippen molar-refractivity contribution in [2.24, 2.45) is 0 Å². The summed E-state index contributed by atoms with van der Waals surface area (Å²) in [4.78, 5) is 27.0. The molecular weight excluding hydrogens is 374 g/mol. The molecule has 1 aliphatic heterocycles. The highest BCUT2D eigenvalue weighted by molar-refractivity contribution is 6.46. The van der Waals surface area contributed by atoms with Gasteiger partial charge >= 0.3 is 0 Å². The van der Waals surface area contributed by atoms with Gasteiger partial charge in [0.15, 0.2) is 0 Å². The molecular formula is C22H25NO6. The van der Waals surface area contributed by atoms with E-state index in [1.165, 1.54) is 18.3 Å². The number of aliphatic hydroxyl groups is 1. The molecule has 1 amide bonds. The number of hydrogen-bond acceptors (Lipinski definition) is 6. The summed E-state index contributed by atoms with van der Waals surface area (Å²) < 4.78 is 16.2.